The number of carbonyl (C=O) groups excluding carboxylic acids is 1. The lowest BCUT2D eigenvalue weighted by Gasteiger charge is -2.13. The highest BCUT2D eigenvalue weighted by Crippen LogP contribution is 2.15. The van der Waals surface area contributed by atoms with Crippen LogP contribution in [0.3, 0.4) is 0 Å². The van der Waals surface area contributed by atoms with Crippen molar-refractivity contribution in [1.29, 1.82) is 0 Å². The largest absolute Gasteiger partial charge is 0.479 e. The fraction of sp³-hybridized carbons (Fsp3) is 0.385. The van der Waals surface area contributed by atoms with Gasteiger partial charge < -0.3 is 20.5 Å². The summed E-state index contributed by atoms with van der Waals surface area (Å²) in [6, 6.07) is 5.17. The lowest BCUT2D eigenvalue weighted by molar-refractivity contribution is -0.147. The Kier molecular flexibility index (Phi) is 5.32. The molecular formula is C13H18N2O4. The molecule has 0 bridgehead atoms. The summed E-state index contributed by atoms with van der Waals surface area (Å²) in [7, 11) is 1.28. The van der Waals surface area contributed by atoms with Crippen LogP contribution in [0.4, 0.5) is 10.5 Å². The molecule has 0 aliphatic carbocycles. The van der Waals surface area contributed by atoms with E-state index in [9.17, 15) is 9.59 Å². The van der Waals surface area contributed by atoms with Crippen LogP contribution in [-0.2, 0) is 9.53 Å². The van der Waals surface area contributed by atoms with Gasteiger partial charge in [-0.05, 0) is 25.5 Å². The Labute approximate surface area is 111 Å². The van der Waals surface area contributed by atoms with Crippen molar-refractivity contribution in [3.05, 3.63) is 29.3 Å². The summed E-state index contributed by atoms with van der Waals surface area (Å²) in [5.74, 6) is -1.12. The number of hydrogen-bond donors (Lipinski definition) is 3. The van der Waals surface area contributed by atoms with Crippen molar-refractivity contribution in [2.75, 3.05) is 19.0 Å². The molecule has 19 heavy (non-hydrogen) atoms. The third kappa shape index (κ3) is 4.59. The molecule has 0 aliphatic rings. The second-order valence-corrected chi connectivity index (χ2v) is 4.22. The van der Waals surface area contributed by atoms with E-state index in [2.05, 4.69) is 10.6 Å². The molecule has 1 unspecified atom stereocenters. The molecule has 104 valence electrons. The van der Waals surface area contributed by atoms with Crippen LogP contribution < -0.4 is 10.6 Å². The van der Waals surface area contributed by atoms with Gasteiger partial charge in [0.1, 0.15) is 0 Å². The van der Waals surface area contributed by atoms with Gasteiger partial charge in [-0.15, -0.1) is 0 Å². The topological polar surface area (TPSA) is 87.7 Å². The molecule has 1 atom stereocenters. The number of hydrogen-bond acceptors (Lipinski definition) is 3. The Balaban J connectivity index is 2.53. The molecule has 0 heterocycles. The zero-order valence-corrected chi connectivity index (χ0v) is 11.2. The minimum atomic E-state index is -1.12. The first-order chi connectivity index (χ1) is 8.93. The Morgan fingerprint density at radius 3 is 2.58 bits per heavy atom. The number of carboxylic acid groups (broad SMARTS) is 1. The van der Waals surface area contributed by atoms with Gasteiger partial charge in [-0.3, -0.25) is 0 Å². The van der Waals surface area contributed by atoms with Crippen molar-refractivity contribution in [1.82, 2.24) is 5.32 Å². The lowest BCUT2D eigenvalue weighted by atomic mass is 10.1. The van der Waals surface area contributed by atoms with E-state index in [1.807, 2.05) is 26.0 Å². The zero-order chi connectivity index (χ0) is 14.4. The molecule has 6 nitrogen and oxygen atoms in total. The fourth-order valence-electron chi connectivity index (χ4n) is 1.58. The molecule has 3 N–H and O–H groups in total. The van der Waals surface area contributed by atoms with Crippen LogP contribution >= 0.6 is 0 Å². The van der Waals surface area contributed by atoms with E-state index in [4.69, 9.17) is 9.84 Å². The molecule has 1 aromatic carbocycles. The van der Waals surface area contributed by atoms with E-state index in [1.54, 1.807) is 6.07 Å². The monoisotopic (exact) mass is 266 g/mol. The third-order valence-electron chi connectivity index (χ3n) is 2.64. The fourth-order valence-corrected chi connectivity index (χ4v) is 1.58. The molecule has 1 aromatic rings. The van der Waals surface area contributed by atoms with Gasteiger partial charge in [-0.2, -0.15) is 0 Å². The summed E-state index contributed by atoms with van der Waals surface area (Å²) in [6.07, 6.45) is -1.05. The van der Waals surface area contributed by atoms with Crippen LogP contribution in [0.1, 0.15) is 11.1 Å². The van der Waals surface area contributed by atoms with E-state index < -0.39 is 18.1 Å². The van der Waals surface area contributed by atoms with Gasteiger partial charge in [0.05, 0.1) is 6.54 Å². The third-order valence-corrected chi connectivity index (χ3v) is 2.64. The second-order valence-electron chi connectivity index (χ2n) is 4.22. The van der Waals surface area contributed by atoms with Gasteiger partial charge in [0.2, 0.25) is 0 Å². The minimum absolute atomic E-state index is 0.0947. The molecule has 0 aromatic heterocycles. The Bertz CT molecular complexity index is 474. The van der Waals surface area contributed by atoms with Crippen LogP contribution in [-0.4, -0.2) is 36.9 Å². The Morgan fingerprint density at radius 1 is 1.37 bits per heavy atom. The highest BCUT2D eigenvalue weighted by Gasteiger charge is 2.17. The summed E-state index contributed by atoms with van der Waals surface area (Å²) >= 11 is 0. The van der Waals surface area contributed by atoms with E-state index >= 15 is 0 Å². The number of methoxy groups -OCH3 is 1. The van der Waals surface area contributed by atoms with Crippen LogP contribution in [0.15, 0.2) is 18.2 Å². The molecule has 0 fully saturated rings. The maximum atomic E-state index is 11.6. The molecule has 6 heteroatoms. The van der Waals surface area contributed by atoms with Crippen LogP contribution in [0.5, 0.6) is 0 Å². The van der Waals surface area contributed by atoms with Gasteiger partial charge in [0.25, 0.3) is 0 Å². The number of urea groups is 1. The summed E-state index contributed by atoms with van der Waals surface area (Å²) in [5, 5.41) is 13.9. The zero-order valence-electron chi connectivity index (χ0n) is 11.2. The highest BCUT2D eigenvalue weighted by atomic mass is 16.5. The lowest BCUT2D eigenvalue weighted by Crippen LogP contribution is -2.39. The van der Waals surface area contributed by atoms with Gasteiger partial charge >= 0.3 is 12.0 Å². The maximum Gasteiger partial charge on any atom is 0.334 e. The minimum Gasteiger partial charge on any atom is -0.479 e. The van der Waals surface area contributed by atoms with Crippen LogP contribution in [0, 0.1) is 13.8 Å². The molecule has 2 amide bonds. The highest BCUT2D eigenvalue weighted by molar-refractivity contribution is 5.90. The SMILES string of the molecule is COC(CNC(=O)Nc1ccc(C)cc1C)C(=O)O. The second kappa shape index (κ2) is 6.75. The smallest absolute Gasteiger partial charge is 0.334 e. The summed E-state index contributed by atoms with van der Waals surface area (Å²) < 4.78 is 4.71. The van der Waals surface area contributed by atoms with Crippen LogP contribution in [0.2, 0.25) is 0 Å². The normalized spacial score (nSPS) is 11.7. The van der Waals surface area contributed by atoms with E-state index in [0.717, 1.165) is 11.1 Å². The molecular weight excluding hydrogens is 248 g/mol. The molecule has 0 radical (unpaired) electrons. The number of aryl methyl sites for hydroxylation is 2. The van der Waals surface area contributed by atoms with Crippen molar-refractivity contribution < 1.29 is 19.4 Å². The summed E-state index contributed by atoms with van der Waals surface area (Å²) in [6.45, 7) is 3.76. The van der Waals surface area contributed by atoms with Crippen molar-refractivity contribution in [3.8, 4) is 0 Å². The number of anilines is 1. The first kappa shape index (κ1) is 15.0. The van der Waals surface area contributed by atoms with Gasteiger partial charge in [-0.25, -0.2) is 9.59 Å². The summed E-state index contributed by atoms with van der Waals surface area (Å²) in [5.41, 5.74) is 2.73. The van der Waals surface area contributed by atoms with Gasteiger partial charge in [0.15, 0.2) is 6.10 Å². The maximum absolute atomic E-state index is 11.6. The number of amides is 2. The average molecular weight is 266 g/mol. The van der Waals surface area contributed by atoms with Gasteiger partial charge in [-0.1, -0.05) is 17.7 Å². The molecule has 0 spiro atoms. The number of nitrogens with one attached hydrogen (secondary N) is 2. The number of carboxylic acids is 1. The van der Waals surface area contributed by atoms with Crippen molar-refractivity contribution in [2.24, 2.45) is 0 Å². The van der Waals surface area contributed by atoms with E-state index in [-0.39, 0.29) is 6.54 Å². The van der Waals surface area contributed by atoms with E-state index in [0.29, 0.717) is 5.69 Å². The number of aliphatic carboxylic acids is 1. The standard InChI is InChI=1S/C13H18N2O4/c1-8-4-5-10(9(2)6-8)15-13(18)14-7-11(19-3)12(16)17/h4-6,11H,7H2,1-3H3,(H,16,17)(H2,14,15,18). The predicted molar refractivity (Wildman–Crippen MR) is 71.4 cm³/mol. The average Bonchev–Trinajstić information content (AvgIpc) is 2.33. The Morgan fingerprint density at radius 2 is 2.05 bits per heavy atom. The molecule has 1 rings (SSSR count). The molecule has 0 saturated heterocycles. The van der Waals surface area contributed by atoms with Crippen LogP contribution in [0.25, 0.3) is 0 Å². The quantitative estimate of drug-likeness (QED) is 0.754. The Hall–Kier alpha value is -2.08. The van der Waals surface area contributed by atoms with Crippen molar-refractivity contribution >= 4 is 17.7 Å². The first-order valence-electron chi connectivity index (χ1n) is 5.81. The summed E-state index contributed by atoms with van der Waals surface area (Å²) in [4.78, 5) is 22.3. The number of benzene rings is 1. The number of carbonyl (C=O) groups is 2. The molecule has 0 aliphatic heterocycles. The van der Waals surface area contributed by atoms with Crippen molar-refractivity contribution in [2.45, 2.75) is 20.0 Å². The first-order valence-corrected chi connectivity index (χ1v) is 5.81. The number of ether oxygens (including phenoxy) is 1. The van der Waals surface area contributed by atoms with Crippen molar-refractivity contribution in [3.63, 3.8) is 0 Å². The molecule has 0 saturated carbocycles. The predicted octanol–water partition coefficient (Wildman–Crippen LogP) is 1.52. The van der Waals surface area contributed by atoms with Gasteiger partial charge in [0, 0.05) is 12.8 Å². The number of rotatable bonds is 5. The van der Waals surface area contributed by atoms with E-state index in [1.165, 1.54) is 7.11 Å².